The first-order chi connectivity index (χ1) is 9.11. The highest BCUT2D eigenvalue weighted by molar-refractivity contribution is 5.68. The van der Waals surface area contributed by atoms with E-state index in [-0.39, 0.29) is 11.6 Å². The summed E-state index contributed by atoms with van der Waals surface area (Å²) in [5.41, 5.74) is 2.91. The first kappa shape index (κ1) is 13.7. The van der Waals surface area contributed by atoms with E-state index in [1.807, 2.05) is 13.8 Å². The zero-order chi connectivity index (χ0) is 13.8. The lowest BCUT2D eigenvalue weighted by Gasteiger charge is -2.12. The Bertz CT molecular complexity index is 579. The van der Waals surface area contributed by atoms with Gasteiger partial charge in [-0.2, -0.15) is 0 Å². The molecule has 0 spiro atoms. The number of nitrogens with one attached hydrogen (secondary N) is 1. The van der Waals surface area contributed by atoms with Crippen LogP contribution in [0.1, 0.15) is 18.1 Å². The summed E-state index contributed by atoms with van der Waals surface area (Å²) < 4.78 is 27.4. The minimum atomic E-state index is -0.351. The van der Waals surface area contributed by atoms with Gasteiger partial charge in [0.2, 0.25) is 0 Å². The van der Waals surface area contributed by atoms with Crippen LogP contribution in [0.3, 0.4) is 0 Å². The molecule has 0 aliphatic rings. The summed E-state index contributed by atoms with van der Waals surface area (Å²) in [5, 5.41) is 3.18. The maximum atomic E-state index is 13.9. The maximum absolute atomic E-state index is 13.9. The van der Waals surface area contributed by atoms with Crippen LogP contribution in [0, 0.1) is 18.6 Å². The van der Waals surface area contributed by atoms with Gasteiger partial charge in [-0.3, -0.25) is 0 Å². The Hall–Kier alpha value is -1.74. The normalized spacial score (nSPS) is 10.7. The zero-order valence-electron chi connectivity index (χ0n) is 11.1. The van der Waals surface area contributed by atoms with Crippen LogP contribution in [0.15, 0.2) is 36.4 Å². The second-order valence-electron chi connectivity index (χ2n) is 4.57. The largest absolute Gasteiger partial charge is 0.313 e. The molecule has 2 rings (SSSR count). The molecule has 19 heavy (non-hydrogen) atoms. The average Bonchev–Trinajstić information content (AvgIpc) is 2.40. The standard InChI is InChI=1S/C16H17F2N/c1-3-19-10-12-5-6-13(17)9-14(12)15-8-11(2)4-7-16(15)18/h4-9,19H,3,10H2,1-2H3. The van der Waals surface area contributed by atoms with Crippen molar-refractivity contribution in [3.63, 3.8) is 0 Å². The van der Waals surface area contributed by atoms with Gasteiger partial charge in [0, 0.05) is 12.1 Å². The van der Waals surface area contributed by atoms with Crippen molar-refractivity contribution in [1.29, 1.82) is 0 Å². The van der Waals surface area contributed by atoms with Crippen molar-refractivity contribution < 1.29 is 8.78 Å². The first-order valence-corrected chi connectivity index (χ1v) is 6.37. The monoisotopic (exact) mass is 261 g/mol. The molecule has 2 aromatic rings. The summed E-state index contributed by atoms with van der Waals surface area (Å²) in [6.45, 7) is 5.30. The van der Waals surface area contributed by atoms with Crippen LogP contribution in [-0.2, 0) is 6.54 Å². The fourth-order valence-corrected chi connectivity index (χ4v) is 2.06. The number of aryl methyl sites for hydroxylation is 1. The third kappa shape index (κ3) is 3.18. The van der Waals surface area contributed by atoms with Gasteiger partial charge in [0.15, 0.2) is 0 Å². The summed E-state index contributed by atoms with van der Waals surface area (Å²) in [7, 11) is 0. The Morgan fingerprint density at radius 3 is 2.53 bits per heavy atom. The van der Waals surface area contributed by atoms with Crippen LogP contribution < -0.4 is 5.32 Å². The maximum Gasteiger partial charge on any atom is 0.131 e. The molecule has 3 heteroatoms. The van der Waals surface area contributed by atoms with Crippen LogP contribution in [0.4, 0.5) is 8.78 Å². The van der Waals surface area contributed by atoms with E-state index in [4.69, 9.17) is 0 Å². The second-order valence-corrected chi connectivity index (χ2v) is 4.57. The number of hydrogen-bond donors (Lipinski definition) is 1. The molecule has 0 atom stereocenters. The topological polar surface area (TPSA) is 12.0 Å². The Kier molecular flexibility index (Phi) is 4.27. The molecule has 0 aliphatic carbocycles. The van der Waals surface area contributed by atoms with E-state index in [1.54, 1.807) is 18.2 Å². The van der Waals surface area contributed by atoms with Crippen LogP contribution in [0.5, 0.6) is 0 Å². The highest BCUT2D eigenvalue weighted by Gasteiger charge is 2.11. The molecule has 0 radical (unpaired) electrons. The van der Waals surface area contributed by atoms with Gasteiger partial charge in [-0.05, 0) is 48.9 Å². The summed E-state index contributed by atoms with van der Waals surface area (Å²) in [5.74, 6) is -0.676. The lowest BCUT2D eigenvalue weighted by molar-refractivity contribution is 0.622. The van der Waals surface area contributed by atoms with Crippen molar-refractivity contribution in [2.75, 3.05) is 6.54 Å². The van der Waals surface area contributed by atoms with Crippen LogP contribution in [0.2, 0.25) is 0 Å². The predicted octanol–water partition coefficient (Wildman–Crippen LogP) is 4.05. The Balaban J connectivity index is 2.52. The summed E-state index contributed by atoms with van der Waals surface area (Å²) in [6.07, 6.45) is 0. The highest BCUT2D eigenvalue weighted by Crippen LogP contribution is 2.28. The Morgan fingerprint density at radius 1 is 1.00 bits per heavy atom. The van der Waals surface area contributed by atoms with Gasteiger partial charge in [-0.1, -0.05) is 24.6 Å². The van der Waals surface area contributed by atoms with Crippen molar-refractivity contribution >= 4 is 0 Å². The van der Waals surface area contributed by atoms with E-state index in [9.17, 15) is 8.78 Å². The summed E-state index contributed by atoms with van der Waals surface area (Å²) in [4.78, 5) is 0. The highest BCUT2D eigenvalue weighted by atomic mass is 19.1. The fourth-order valence-electron chi connectivity index (χ4n) is 2.06. The average molecular weight is 261 g/mol. The summed E-state index contributed by atoms with van der Waals surface area (Å²) in [6, 6.07) is 9.39. The van der Waals surface area contributed by atoms with Crippen molar-refractivity contribution in [3.8, 4) is 11.1 Å². The number of rotatable bonds is 4. The van der Waals surface area contributed by atoms with E-state index in [0.717, 1.165) is 17.7 Å². The second kappa shape index (κ2) is 5.93. The smallest absolute Gasteiger partial charge is 0.131 e. The van der Waals surface area contributed by atoms with Gasteiger partial charge in [-0.25, -0.2) is 8.78 Å². The van der Waals surface area contributed by atoms with E-state index in [2.05, 4.69) is 5.32 Å². The third-order valence-electron chi connectivity index (χ3n) is 3.05. The molecule has 0 unspecified atom stereocenters. The van der Waals surface area contributed by atoms with Gasteiger partial charge >= 0.3 is 0 Å². The molecule has 0 amide bonds. The molecular formula is C16H17F2N. The van der Waals surface area contributed by atoms with Gasteiger partial charge < -0.3 is 5.32 Å². The van der Waals surface area contributed by atoms with Gasteiger partial charge in [0.05, 0.1) is 0 Å². The van der Waals surface area contributed by atoms with Gasteiger partial charge in [-0.15, -0.1) is 0 Å². The molecule has 0 aromatic heterocycles. The predicted molar refractivity (Wildman–Crippen MR) is 73.9 cm³/mol. The molecular weight excluding hydrogens is 244 g/mol. The number of halogens is 2. The summed E-state index contributed by atoms with van der Waals surface area (Å²) >= 11 is 0. The Morgan fingerprint density at radius 2 is 1.79 bits per heavy atom. The van der Waals surface area contributed by atoms with Crippen LogP contribution in [-0.4, -0.2) is 6.54 Å². The van der Waals surface area contributed by atoms with Crippen molar-refractivity contribution in [3.05, 3.63) is 59.2 Å². The molecule has 2 aromatic carbocycles. The molecule has 0 aliphatic heterocycles. The van der Waals surface area contributed by atoms with Gasteiger partial charge in [0.25, 0.3) is 0 Å². The number of benzene rings is 2. The third-order valence-corrected chi connectivity index (χ3v) is 3.05. The fraction of sp³-hybridized carbons (Fsp3) is 0.250. The van der Waals surface area contributed by atoms with Crippen LogP contribution in [0.25, 0.3) is 11.1 Å². The molecule has 0 heterocycles. The molecule has 100 valence electrons. The van der Waals surface area contributed by atoms with E-state index in [1.165, 1.54) is 18.2 Å². The lowest BCUT2D eigenvalue weighted by atomic mass is 9.97. The molecule has 0 saturated carbocycles. The van der Waals surface area contributed by atoms with E-state index >= 15 is 0 Å². The van der Waals surface area contributed by atoms with Crippen molar-refractivity contribution in [2.45, 2.75) is 20.4 Å². The minimum Gasteiger partial charge on any atom is -0.313 e. The molecule has 0 fully saturated rings. The zero-order valence-corrected chi connectivity index (χ0v) is 11.1. The molecule has 0 bridgehead atoms. The van der Waals surface area contributed by atoms with Crippen LogP contribution >= 0.6 is 0 Å². The molecule has 1 nitrogen and oxygen atoms in total. The quantitative estimate of drug-likeness (QED) is 0.875. The van der Waals surface area contributed by atoms with Gasteiger partial charge in [0.1, 0.15) is 11.6 Å². The lowest BCUT2D eigenvalue weighted by Crippen LogP contribution is -2.12. The SMILES string of the molecule is CCNCc1ccc(F)cc1-c1cc(C)ccc1F. The molecule has 1 N–H and O–H groups in total. The molecule has 0 saturated heterocycles. The van der Waals surface area contributed by atoms with Crippen molar-refractivity contribution in [2.24, 2.45) is 0 Å². The number of hydrogen-bond acceptors (Lipinski definition) is 1. The first-order valence-electron chi connectivity index (χ1n) is 6.37. The van der Waals surface area contributed by atoms with E-state index in [0.29, 0.717) is 17.7 Å². The van der Waals surface area contributed by atoms with Crippen molar-refractivity contribution in [1.82, 2.24) is 5.32 Å². The minimum absolute atomic E-state index is 0.325. The Labute approximate surface area is 112 Å². The van der Waals surface area contributed by atoms with E-state index < -0.39 is 0 Å².